The largest absolute Gasteiger partial charge is 0.352 e. The van der Waals surface area contributed by atoms with Crippen molar-refractivity contribution in [1.29, 1.82) is 0 Å². The van der Waals surface area contributed by atoms with Crippen molar-refractivity contribution in [2.75, 3.05) is 0 Å². The van der Waals surface area contributed by atoms with Crippen molar-refractivity contribution in [3.63, 3.8) is 0 Å². The summed E-state index contributed by atoms with van der Waals surface area (Å²) in [5, 5.41) is 3.81. The lowest BCUT2D eigenvalue weighted by molar-refractivity contribution is -0.141. The van der Waals surface area contributed by atoms with Gasteiger partial charge < -0.3 is 10.2 Å². The molecule has 1 aliphatic rings. The van der Waals surface area contributed by atoms with Crippen LogP contribution in [0, 0.1) is 6.92 Å². The third-order valence-electron chi connectivity index (χ3n) is 6.87. The fourth-order valence-electron chi connectivity index (χ4n) is 4.80. The normalized spacial score (nSPS) is 14.5. The molecule has 3 aromatic carbocycles. The van der Waals surface area contributed by atoms with Crippen LogP contribution in [0.2, 0.25) is 5.02 Å². The van der Waals surface area contributed by atoms with Crippen molar-refractivity contribution in [1.82, 2.24) is 10.2 Å². The molecule has 0 heterocycles. The van der Waals surface area contributed by atoms with E-state index in [2.05, 4.69) is 5.32 Å². The second-order valence-corrected chi connectivity index (χ2v) is 9.82. The third kappa shape index (κ3) is 6.73. The van der Waals surface area contributed by atoms with Crippen LogP contribution in [0.5, 0.6) is 0 Å². The van der Waals surface area contributed by atoms with Gasteiger partial charge in [-0.3, -0.25) is 9.59 Å². The quantitative estimate of drug-likeness (QED) is 0.408. The SMILES string of the molecule is Cc1ccccc1CN(C(=O)Cc1ccccc1Cl)[C@@H](Cc1ccccc1)C(=O)NC1CCCC1. The average molecular weight is 489 g/mol. The first-order valence-corrected chi connectivity index (χ1v) is 12.8. The number of carbonyl (C=O) groups is 2. The number of nitrogens with one attached hydrogen (secondary N) is 1. The zero-order valence-electron chi connectivity index (χ0n) is 20.3. The molecule has 5 heteroatoms. The molecule has 0 aromatic heterocycles. The monoisotopic (exact) mass is 488 g/mol. The summed E-state index contributed by atoms with van der Waals surface area (Å²) in [6.07, 6.45) is 4.86. The first-order chi connectivity index (χ1) is 17.0. The van der Waals surface area contributed by atoms with Crippen molar-refractivity contribution in [3.8, 4) is 0 Å². The van der Waals surface area contributed by atoms with E-state index in [0.717, 1.165) is 47.9 Å². The van der Waals surface area contributed by atoms with Gasteiger partial charge in [0.05, 0.1) is 6.42 Å². The van der Waals surface area contributed by atoms with Crippen LogP contribution in [0.4, 0.5) is 0 Å². The molecule has 4 nitrogen and oxygen atoms in total. The highest BCUT2D eigenvalue weighted by Crippen LogP contribution is 2.23. The van der Waals surface area contributed by atoms with Crippen LogP contribution >= 0.6 is 11.6 Å². The minimum atomic E-state index is -0.618. The molecule has 0 saturated heterocycles. The maximum absolute atomic E-state index is 13.8. The van der Waals surface area contributed by atoms with E-state index < -0.39 is 6.04 Å². The Morgan fingerprint density at radius 2 is 1.54 bits per heavy atom. The highest BCUT2D eigenvalue weighted by molar-refractivity contribution is 6.31. The van der Waals surface area contributed by atoms with E-state index >= 15 is 0 Å². The van der Waals surface area contributed by atoms with Gasteiger partial charge in [0, 0.05) is 24.0 Å². The molecule has 2 amide bonds. The van der Waals surface area contributed by atoms with Crippen LogP contribution in [0.1, 0.15) is 47.9 Å². The Morgan fingerprint density at radius 1 is 0.914 bits per heavy atom. The molecule has 182 valence electrons. The molecule has 4 rings (SSSR count). The Bertz CT molecular complexity index is 1140. The van der Waals surface area contributed by atoms with E-state index in [1.807, 2.05) is 79.7 Å². The molecule has 1 N–H and O–H groups in total. The molecule has 35 heavy (non-hydrogen) atoms. The van der Waals surface area contributed by atoms with Gasteiger partial charge in [-0.05, 0) is 48.1 Å². The van der Waals surface area contributed by atoms with Gasteiger partial charge in [0.1, 0.15) is 6.04 Å². The molecule has 0 bridgehead atoms. The minimum absolute atomic E-state index is 0.0816. The summed E-state index contributed by atoms with van der Waals surface area (Å²) >= 11 is 6.39. The van der Waals surface area contributed by atoms with Gasteiger partial charge in [0.15, 0.2) is 0 Å². The Morgan fingerprint density at radius 3 is 2.23 bits per heavy atom. The van der Waals surface area contributed by atoms with Gasteiger partial charge in [-0.2, -0.15) is 0 Å². The fourth-order valence-corrected chi connectivity index (χ4v) is 5.00. The Kier molecular flexibility index (Phi) is 8.59. The minimum Gasteiger partial charge on any atom is -0.352 e. The standard InChI is InChI=1S/C30H33ClN2O2/c1-22-11-5-6-15-25(22)21-33(29(34)20-24-14-7-10-18-27(24)31)28(19-23-12-3-2-4-13-23)30(35)32-26-16-8-9-17-26/h2-7,10-15,18,26,28H,8-9,16-17,19-21H2,1H3,(H,32,35)/t28-/m0/s1. The van der Waals surface area contributed by atoms with Gasteiger partial charge >= 0.3 is 0 Å². The fraction of sp³-hybridized carbons (Fsp3) is 0.333. The molecule has 0 unspecified atom stereocenters. The molecule has 0 spiro atoms. The number of nitrogens with zero attached hydrogens (tertiary/aromatic N) is 1. The predicted octanol–water partition coefficient (Wildman–Crippen LogP) is 5.89. The number of hydrogen-bond acceptors (Lipinski definition) is 2. The number of rotatable bonds is 9. The van der Waals surface area contributed by atoms with Crippen LogP contribution in [0.15, 0.2) is 78.9 Å². The number of hydrogen-bond donors (Lipinski definition) is 1. The van der Waals surface area contributed by atoms with E-state index in [4.69, 9.17) is 11.6 Å². The van der Waals surface area contributed by atoms with Gasteiger partial charge in [0.2, 0.25) is 11.8 Å². The van der Waals surface area contributed by atoms with Gasteiger partial charge in [-0.1, -0.05) is 97.2 Å². The lowest BCUT2D eigenvalue weighted by Gasteiger charge is -2.33. The maximum atomic E-state index is 13.8. The summed E-state index contributed by atoms with van der Waals surface area (Å²) in [5.41, 5.74) is 3.92. The molecule has 0 aliphatic heterocycles. The molecule has 1 aliphatic carbocycles. The maximum Gasteiger partial charge on any atom is 0.243 e. The summed E-state index contributed by atoms with van der Waals surface area (Å²) in [7, 11) is 0. The van der Waals surface area contributed by atoms with Crippen molar-refractivity contribution in [2.24, 2.45) is 0 Å². The van der Waals surface area contributed by atoms with Crippen LogP contribution in [0.3, 0.4) is 0 Å². The van der Waals surface area contributed by atoms with E-state index in [1.165, 1.54) is 0 Å². The summed E-state index contributed by atoms with van der Waals surface area (Å²) in [6, 6.07) is 24.9. The molecule has 1 saturated carbocycles. The molecule has 1 fully saturated rings. The number of benzene rings is 3. The summed E-state index contributed by atoms with van der Waals surface area (Å²) in [5.74, 6) is -0.189. The molecule has 0 radical (unpaired) electrons. The van der Waals surface area contributed by atoms with Gasteiger partial charge in [0.25, 0.3) is 0 Å². The molecule has 1 atom stereocenters. The predicted molar refractivity (Wildman–Crippen MR) is 141 cm³/mol. The summed E-state index contributed by atoms with van der Waals surface area (Å²) in [4.78, 5) is 29.3. The third-order valence-corrected chi connectivity index (χ3v) is 7.24. The van der Waals surface area contributed by atoms with E-state index in [0.29, 0.717) is 18.0 Å². The van der Waals surface area contributed by atoms with Crippen LogP contribution < -0.4 is 5.32 Å². The van der Waals surface area contributed by atoms with E-state index in [9.17, 15) is 9.59 Å². The number of halogens is 1. The number of amides is 2. The van der Waals surface area contributed by atoms with Gasteiger partial charge in [-0.25, -0.2) is 0 Å². The second kappa shape index (κ2) is 12.0. The van der Waals surface area contributed by atoms with Crippen LogP contribution in [0.25, 0.3) is 0 Å². The van der Waals surface area contributed by atoms with Gasteiger partial charge in [-0.15, -0.1) is 0 Å². The lowest BCUT2D eigenvalue weighted by Crippen LogP contribution is -2.52. The Hall–Kier alpha value is -3.11. The summed E-state index contributed by atoms with van der Waals surface area (Å²) in [6.45, 7) is 2.41. The smallest absolute Gasteiger partial charge is 0.243 e. The van der Waals surface area contributed by atoms with Crippen molar-refractivity contribution in [2.45, 2.75) is 64.1 Å². The first kappa shape index (κ1) is 25.0. The number of aryl methyl sites for hydroxylation is 1. The topological polar surface area (TPSA) is 49.4 Å². The highest BCUT2D eigenvalue weighted by Gasteiger charge is 2.32. The van der Waals surface area contributed by atoms with Crippen molar-refractivity contribution >= 4 is 23.4 Å². The zero-order chi connectivity index (χ0) is 24.6. The van der Waals surface area contributed by atoms with Crippen LogP contribution in [-0.4, -0.2) is 28.8 Å². The van der Waals surface area contributed by atoms with Crippen LogP contribution in [-0.2, 0) is 29.0 Å². The van der Waals surface area contributed by atoms with Crippen molar-refractivity contribution in [3.05, 3.63) is 106 Å². The highest BCUT2D eigenvalue weighted by atomic mass is 35.5. The second-order valence-electron chi connectivity index (χ2n) is 9.41. The first-order valence-electron chi connectivity index (χ1n) is 12.4. The van der Waals surface area contributed by atoms with E-state index in [-0.39, 0.29) is 24.3 Å². The lowest BCUT2D eigenvalue weighted by atomic mass is 10.00. The summed E-state index contributed by atoms with van der Waals surface area (Å²) < 4.78 is 0. The molecular formula is C30H33ClN2O2. The molecular weight excluding hydrogens is 456 g/mol. The zero-order valence-corrected chi connectivity index (χ0v) is 21.0. The Balaban J connectivity index is 1.68. The number of carbonyl (C=O) groups excluding carboxylic acids is 2. The Labute approximate surface area is 213 Å². The average Bonchev–Trinajstić information content (AvgIpc) is 3.37. The van der Waals surface area contributed by atoms with E-state index in [1.54, 1.807) is 11.0 Å². The molecule has 3 aromatic rings. The van der Waals surface area contributed by atoms with Crippen molar-refractivity contribution < 1.29 is 9.59 Å².